The van der Waals surface area contributed by atoms with Crippen LogP contribution in [0.2, 0.25) is 0 Å². The molecule has 6 atom stereocenters. The molecule has 2 aliphatic carbocycles. The van der Waals surface area contributed by atoms with E-state index in [1.165, 1.54) is 32.4 Å². The largest absolute Gasteiger partial charge is 0.385 e. The van der Waals surface area contributed by atoms with E-state index in [4.69, 9.17) is 0 Å². The second-order valence-corrected chi connectivity index (χ2v) is 7.48. The van der Waals surface area contributed by atoms with Gasteiger partial charge in [-0.05, 0) is 69.4 Å². The van der Waals surface area contributed by atoms with Crippen LogP contribution < -0.4 is 0 Å². The minimum Gasteiger partial charge on any atom is -0.385 e. The number of carbonyl (C=O) groups is 1. The third-order valence-corrected chi connectivity index (χ3v) is 6.61. The zero-order valence-electron chi connectivity index (χ0n) is 11.8. The number of piperidine rings is 2. The molecule has 19 heavy (non-hydrogen) atoms. The zero-order valence-corrected chi connectivity index (χ0v) is 11.8. The molecule has 3 nitrogen and oxygen atoms in total. The van der Waals surface area contributed by atoms with Crippen molar-refractivity contribution in [2.45, 2.75) is 57.1 Å². The highest BCUT2D eigenvalue weighted by Crippen LogP contribution is 2.59. The molecule has 1 spiro atoms. The molecule has 2 saturated heterocycles. The number of aliphatic hydroxyl groups excluding tert-OH is 1. The number of hydrogen-bond acceptors (Lipinski definition) is 3. The Labute approximate surface area is 115 Å². The van der Waals surface area contributed by atoms with Crippen LogP contribution >= 0.6 is 0 Å². The third kappa shape index (κ3) is 1.43. The lowest BCUT2D eigenvalue weighted by Crippen LogP contribution is -2.74. The summed E-state index contributed by atoms with van der Waals surface area (Å²) < 4.78 is 0. The van der Waals surface area contributed by atoms with Gasteiger partial charge in [0.05, 0.1) is 0 Å². The van der Waals surface area contributed by atoms with E-state index in [0.717, 1.165) is 19.3 Å². The molecule has 0 aromatic carbocycles. The SMILES string of the molecule is CC1C[C@@H]2[C@H]3CCCN4CCC[C@H](C(=O)[C@@H]2O)[C@@]34C1. The molecule has 0 aromatic heterocycles. The molecule has 0 radical (unpaired) electrons. The first kappa shape index (κ1) is 12.3. The molecule has 0 aromatic rings. The van der Waals surface area contributed by atoms with Gasteiger partial charge in [0.25, 0.3) is 0 Å². The molecular formula is C16H25NO2. The number of ketones is 1. The van der Waals surface area contributed by atoms with E-state index < -0.39 is 6.10 Å². The molecule has 106 valence electrons. The van der Waals surface area contributed by atoms with Crippen molar-refractivity contribution in [2.75, 3.05) is 13.1 Å². The average molecular weight is 263 g/mol. The van der Waals surface area contributed by atoms with Crippen LogP contribution in [0, 0.1) is 23.7 Å². The fourth-order valence-corrected chi connectivity index (χ4v) is 6.16. The molecule has 4 fully saturated rings. The first-order valence-corrected chi connectivity index (χ1v) is 8.11. The minimum absolute atomic E-state index is 0.126. The van der Waals surface area contributed by atoms with Gasteiger partial charge in [0.2, 0.25) is 0 Å². The van der Waals surface area contributed by atoms with Crippen LogP contribution in [0.15, 0.2) is 0 Å². The summed E-state index contributed by atoms with van der Waals surface area (Å²) in [5, 5.41) is 10.5. The number of Topliss-reactive ketones (excluding diaryl/α,β-unsaturated/α-hetero) is 1. The number of carbonyl (C=O) groups excluding carboxylic acids is 1. The standard InChI is InChI=1S/C16H25NO2/c1-10-8-11-12-4-2-6-17-7-3-5-13(15(19)14(11)18)16(12,17)9-10/h10-14,18H,2-9H2,1H3/t10?,11-,12-,13-,14-,16-/m1/s1. The topological polar surface area (TPSA) is 40.5 Å². The summed E-state index contributed by atoms with van der Waals surface area (Å²) in [6, 6.07) is 0. The number of hydrogen-bond donors (Lipinski definition) is 1. The van der Waals surface area contributed by atoms with E-state index in [9.17, 15) is 9.90 Å². The van der Waals surface area contributed by atoms with Crippen molar-refractivity contribution in [2.24, 2.45) is 23.7 Å². The molecule has 0 amide bonds. The van der Waals surface area contributed by atoms with Crippen molar-refractivity contribution >= 4 is 5.78 Å². The van der Waals surface area contributed by atoms with E-state index in [-0.39, 0.29) is 23.2 Å². The van der Waals surface area contributed by atoms with Gasteiger partial charge < -0.3 is 5.11 Å². The second-order valence-electron chi connectivity index (χ2n) is 7.48. The van der Waals surface area contributed by atoms with Crippen LogP contribution in [0.25, 0.3) is 0 Å². The minimum atomic E-state index is -0.663. The molecule has 2 heterocycles. The monoisotopic (exact) mass is 263 g/mol. The Bertz CT molecular complexity index is 408. The first-order valence-electron chi connectivity index (χ1n) is 8.11. The second kappa shape index (κ2) is 4.05. The normalized spacial score (nSPS) is 53.8. The summed E-state index contributed by atoms with van der Waals surface area (Å²) in [6.45, 7) is 4.67. The van der Waals surface area contributed by atoms with Crippen LogP contribution in [0.3, 0.4) is 0 Å². The predicted molar refractivity (Wildman–Crippen MR) is 72.7 cm³/mol. The van der Waals surface area contributed by atoms with Crippen LogP contribution in [-0.2, 0) is 4.79 Å². The Morgan fingerprint density at radius 3 is 2.79 bits per heavy atom. The highest BCUT2D eigenvalue weighted by Gasteiger charge is 2.64. The van der Waals surface area contributed by atoms with E-state index in [2.05, 4.69) is 11.8 Å². The molecule has 1 N–H and O–H groups in total. The number of aliphatic hydroxyl groups is 1. The fraction of sp³-hybridized carbons (Fsp3) is 0.938. The maximum absolute atomic E-state index is 12.6. The van der Waals surface area contributed by atoms with Gasteiger partial charge in [0.1, 0.15) is 6.10 Å². The van der Waals surface area contributed by atoms with Crippen molar-refractivity contribution in [3.05, 3.63) is 0 Å². The molecule has 2 bridgehead atoms. The molecular weight excluding hydrogens is 238 g/mol. The fourth-order valence-electron chi connectivity index (χ4n) is 6.16. The molecule has 3 heteroatoms. The maximum atomic E-state index is 12.6. The van der Waals surface area contributed by atoms with Crippen molar-refractivity contribution < 1.29 is 9.90 Å². The molecule has 1 unspecified atom stereocenters. The average Bonchev–Trinajstić information content (AvgIpc) is 2.40. The van der Waals surface area contributed by atoms with Crippen molar-refractivity contribution in [1.82, 2.24) is 4.90 Å². The van der Waals surface area contributed by atoms with Gasteiger partial charge in [-0.2, -0.15) is 0 Å². The van der Waals surface area contributed by atoms with Crippen molar-refractivity contribution in [1.29, 1.82) is 0 Å². The molecule has 2 aliphatic heterocycles. The van der Waals surface area contributed by atoms with E-state index in [1.54, 1.807) is 0 Å². The lowest BCUT2D eigenvalue weighted by molar-refractivity contribution is -0.193. The van der Waals surface area contributed by atoms with E-state index in [0.29, 0.717) is 11.8 Å². The number of nitrogens with zero attached hydrogens (tertiary/aromatic N) is 1. The van der Waals surface area contributed by atoms with Crippen molar-refractivity contribution in [3.8, 4) is 0 Å². The van der Waals surface area contributed by atoms with Crippen LogP contribution in [0.5, 0.6) is 0 Å². The maximum Gasteiger partial charge on any atom is 0.166 e. The third-order valence-electron chi connectivity index (χ3n) is 6.61. The summed E-state index contributed by atoms with van der Waals surface area (Å²) >= 11 is 0. The predicted octanol–water partition coefficient (Wildman–Crippen LogP) is 1.84. The summed E-state index contributed by atoms with van der Waals surface area (Å²) in [5.74, 6) is 1.79. The first-order chi connectivity index (χ1) is 9.14. The van der Waals surface area contributed by atoms with Crippen LogP contribution in [-0.4, -0.2) is 40.5 Å². The van der Waals surface area contributed by atoms with Gasteiger partial charge in [-0.15, -0.1) is 0 Å². The molecule has 4 aliphatic rings. The van der Waals surface area contributed by atoms with Gasteiger partial charge >= 0.3 is 0 Å². The smallest absolute Gasteiger partial charge is 0.166 e. The van der Waals surface area contributed by atoms with Gasteiger partial charge in [-0.3, -0.25) is 9.69 Å². The summed E-state index contributed by atoms with van der Waals surface area (Å²) in [4.78, 5) is 15.3. The number of rotatable bonds is 0. The Kier molecular flexibility index (Phi) is 2.63. The zero-order chi connectivity index (χ0) is 13.2. The summed E-state index contributed by atoms with van der Waals surface area (Å²) in [6.07, 6.45) is 6.22. The van der Waals surface area contributed by atoms with Gasteiger partial charge in [0.15, 0.2) is 5.78 Å². The Morgan fingerprint density at radius 1 is 1.26 bits per heavy atom. The lowest BCUT2D eigenvalue weighted by atomic mass is 9.48. The van der Waals surface area contributed by atoms with Gasteiger partial charge in [-0.1, -0.05) is 6.92 Å². The Balaban J connectivity index is 1.84. The van der Waals surface area contributed by atoms with E-state index >= 15 is 0 Å². The highest BCUT2D eigenvalue weighted by molar-refractivity contribution is 5.88. The van der Waals surface area contributed by atoms with Gasteiger partial charge in [-0.25, -0.2) is 0 Å². The van der Waals surface area contributed by atoms with Crippen LogP contribution in [0.4, 0.5) is 0 Å². The summed E-state index contributed by atoms with van der Waals surface area (Å²) in [5.41, 5.74) is 0.134. The lowest BCUT2D eigenvalue weighted by Gasteiger charge is -2.66. The van der Waals surface area contributed by atoms with Crippen molar-refractivity contribution in [3.63, 3.8) is 0 Å². The molecule has 2 saturated carbocycles. The highest BCUT2D eigenvalue weighted by atomic mass is 16.3. The Morgan fingerprint density at radius 2 is 2.00 bits per heavy atom. The molecule has 4 rings (SSSR count). The Hall–Kier alpha value is -0.410. The van der Waals surface area contributed by atoms with E-state index in [1.807, 2.05) is 0 Å². The van der Waals surface area contributed by atoms with Gasteiger partial charge in [0, 0.05) is 11.5 Å². The quantitative estimate of drug-likeness (QED) is 0.725. The summed E-state index contributed by atoms with van der Waals surface area (Å²) in [7, 11) is 0. The van der Waals surface area contributed by atoms with Crippen LogP contribution in [0.1, 0.15) is 45.4 Å².